The van der Waals surface area contributed by atoms with E-state index in [1.54, 1.807) is 7.11 Å². The molecule has 1 heterocycles. The standard InChI is InChI=1S/C16H16O3/c1-11-10-12(17-2)6-7-13(11)14-4-3-5-15-16(14)19-9-8-18-15/h3-7,10H,8-9H2,1-2H3. The fourth-order valence-corrected chi connectivity index (χ4v) is 2.35. The molecule has 3 heteroatoms. The van der Waals surface area contributed by atoms with Gasteiger partial charge in [0.15, 0.2) is 11.5 Å². The number of fused-ring (bicyclic) bond motifs is 1. The van der Waals surface area contributed by atoms with Crippen molar-refractivity contribution in [2.45, 2.75) is 6.92 Å². The largest absolute Gasteiger partial charge is 0.497 e. The van der Waals surface area contributed by atoms with Gasteiger partial charge < -0.3 is 14.2 Å². The molecule has 0 unspecified atom stereocenters. The van der Waals surface area contributed by atoms with Gasteiger partial charge in [0.05, 0.1) is 7.11 Å². The van der Waals surface area contributed by atoms with Crippen LogP contribution in [0, 0.1) is 6.92 Å². The highest BCUT2D eigenvalue weighted by Gasteiger charge is 2.17. The minimum Gasteiger partial charge on any atom is -0.497 e. The van der Waals surface area contributed by atoms with Crippen molar-refractivity contribution in [2.75, 3.05) is 20.3 Å². The predicted molar refractivity (Wildman–Crippen MR) is 74.2 cm³/mol. The average molecular weight is 256 g/mol. The quantitative estimate of drug-likeness (QED) is 0.823. The van der Waals surface area contributed by atoms with E-state index in [1.165, 1.54) is 0 Å². The predicted octanol–water partition coefficient (Wildman–Crippen LogP) is 3.44. The summed E-state index contributed by atoms with van der Waals surface area (Å²) in [5.41, 5.74) is 3.36. The minimum absolute atomic E-state index is 0.596. The molecule has 1 aliphatic rings. The monoisotopic (exact) mass is 256 g/mol. The SMILES string of the molecule is COc1ccc(-c2cccc3c2OCCO3)c(C)c1. The molecular weight excluding hydrogens is 240 g/mol. The molecule has 0 saturated carbocycles. The second kappa shape index (κ2) is 4.84. The summed E-state index contributed by atoms with van der Waals surface area (Å²) in [6.07, 6.45) is 0. The zero-order valence-corrected chi connectivity index (χ0v) is 11.1. The van der Waals surface area contributed by atoms with Crippen molar-refractivity contribution in [2.24, 2.45) is 0 Å². The second-order valence-electron chi connectivity index (χ2n) is 4.51. The van der Waals surface area contributed by atoms with E-state index in [0.717, 1.165) is 33.9 Å². The Bertz CT molecular complexity index is 605. The number of aryl methyl sites for hydroxylation is 1. The van der Waals surface area contributed by atoms with Gasteiger partial charge >= 0.3 is 0 Å². The molecule has 19 heavy (non-hydrogen) atoms. The van der Waals surface area contributed by atoms with E-state index in [9.17, 15) is 0 Å². The molecule has 2 aromatic carbocycles. The van der Waals surface area contributed by atoms with Gasteiger partial charge in [0.25, 0.3) is 0 Å². The van der Waals surface area contributed by atoms with Crippen LogP contribution in [-0.4, -0.2) is 20.3 Å². The van der Waals surface area contributed by atoms with Gasteiger partial charge in [-0.05, 0) is 36.2 Å². The summed E-state index contributed by atoms with van der Waals surface area (Å²) in [5.74, 6) is 2.52. The Morgan fingerprint density at radius 3 is 2.63 bits per heavy atom. The van der Waals surface area contributed by atoms with Crippen LogP contribution in [0.1, 0.15) is 5.56 Å². The fourth-order valence-electron chi connectivity index (χ4n) is 2.35. The summed E-state index contributed by atoms with van der Waals surface area (Å²) in [6, 6.07) is 12.0. The lowest BCUT2D eigenvalue weighted by atomic mass is 9.99. The smallest absolute Gasteiger partial charge is 0.169 e. The first kappa shape index (κ1) is 11.9. The Balaban J connectivity index is 2.12. The molecule has 1 aliphatic heterocycles. The Morgan fingerprint density at radius 2 is 1.84 bits per heavy atom. The van der Waals surface area contributed by atoms with Gasteiger partial charge in [0.1, 0.15) is 19.0 Å². The molecule has 0 radical (unpaired) electrons. The van der Waals surface area contributed by atoms with Crippen LogP contribution in [0.15, 0.2) is 36.4 Å². The van der Waals surface area contributed by atoms with Crippen LogP contribution in [0.4, 0.5) is 0 Å². The van der Waals surface area contributed by atoms with Crippen molar-refractivity contribution in [1.82, 2.24) is 0 Å². The Labute approximate surface area is 112 Å². The first-order chi connectivity index (χ1) is 9.29. The highest BCUT2D eigenvalue weighted by molar-refractivity contribution is 5.76. The lowest BCUT2D eigenvalue weighted by Crippen LogP contribution is -2.15. The lowest BCUT2D eigenvalue weighted by Gasteiger charge is -2.21. The van der Waals surface area contributed by atoms with Crippen molar-refractivity contribution in [1.29, 1.82) is 0 Å². The van der Waals surface area contributed by atoms with Crippen molar-refractivity contribution < 1.29 is 14.2 Å². The van der Waals surface area contributed by atoms with Gasteiger partial charge in [-0.2, -0.15) is 0 Å². The van der Waals surface area contributed by atoms with Crippen LogP contribution in [0.2, 0.25) is 0 Å². The first-order valence-corrected chi connectivity index (χ1v) is 6.33. The number of hydrogen-bond donors (Lipinski definition) is 0. The van der Waals surface area contributed by atoms with Crippen LogP contribution in [0.25, 0.3) is 11.1 Å². The van der Waals surface area contributed by atoms with E-state index < -0.39 is 0 Å². The highest BCUT2D eigenvalue weighted by atomic mass is 16.6. The number of para-hydroxylation sites is 1. The van der Waals surface area contributed by atoms with E-state index in [4.69, 9.17) is 14.2 Å². The molecule has 0 amide bonds. The maximum atomic E-state index is 5.76. The molecule has 0 saturated heterocycles. The van der Waals surface area contributed by atoms with Crippen molar-refractivity contribution >= 4 is 0 Å². The molecule has 98 valence electrons. The van der Waals surface area contributed by atoms with Gasteiger partial charge in [-0.1, -0.05) is 18.2 Å². The summed E-state index contributed by atoms with van der Waals surface area (Å²) in [4.78, 5) is 0. The molecular formula is C16H16O3. The summed E-state index contributed by atoms with van der Waals surface area (Å²) in [6.45, 7) is 3.28. The summed E-state index contributed by atoms with van der Waals surface area (Å²) < 4.78 is 16.6. The third-order valence-electron chi connectivity index (χ3n) is 3.29. The zero-order valence-electron chi connectivity index (χ0n) is 11.1. The van der Waals surface area contributed by atoms with E-state index in [1.807, 2.05) is 24.3 Å². The maximum Gasteiger partial charge on any atom is 0.169 e. The molecule has 3 rings (SSSR count). The number of ether oxygens (including phenoxy) is 3. The minimum atomic E-state index is 0.596. The number of hydrogen-bond acceptors (Lipinski definition) is 3. The van der Waals surface area contributed by atoms with Crippen LogP contribution in [-0.2, 0) is 0 Å². The van der Waals surface area contributed by atoms with Gasteiger partial charge in [-0.25, -0.2) is 0 Å². The molecule has 2 aromatic rings. The van der Waals surface area contributed by atoms with Crippen LogP contribution < -0.4 is 14.2 Å². The maximum absolute atomic E-state index is 5.76. The van der Waals surface area contributed by atoms with Crippen molar-refractivity contribution in [3.63, 3.8) is 0 Å². The van der Waals surface area contributed by atoms with E-state index in [2.05, 4.69) is 19.1 Å². The van der Waals surface area contributed by atoms with Gasteiger partial charge in [-0.3, -0.25) is 0 Å². The molecule has 0 spiro atoms. The molecule has 0 bridgehead atoms. The Hall–Kier alpha value is -2.16. The molecule has 0 N–H and O–H groups in total. The topological polar surface area (TPSA) is 27.7 Å². The number of methoxy groups -OCH3 is 1. The van der Waals surface area contributed by atoms with Gasteiger partial charge in [0, 0.05) is 5.56 Å². The number of benzene rings is 2. The highest BCUT2D eigenvalue weighted by Crippen LogP contribution is 2.41. The number of rotatable bonds is 2. The third-order valence-corrected chi connectivity index (χ3v) is 3.29. The molecule has 0 aliphatic carbocycles. The molecule has 3 nitrogen and oxygen atoms in total. The van der Waals surface area contributed by atoms with Crippen molar-refractivity contribution in [3.8, 4) is 28.4 Å². The fraction of sp³-hybridized carbons (Fsp3) is 0.250. The molecule has 0 aromatic heterocycles. The summed E-state index contributed by atoms with van der Waals surface area (Å²) >= 11 is 0. The van der Waals surface area contributed by atoms with Gasteiger partial charge in [-0.15, -0.1) is 0 Å². The lowest BCUT2D eigenvalue weighted by molar-refractivity contribution is 0.172. The average Bonchev–Trinajstić information content (AvgIpc) is 2.46. The first-order valence-electron chi connectivity index (χ1n) is 6.33. The third kappa shape index (κ3) is 2.12. The Kier molecular flexibility index (Phi) is 3.03. The molecule has 0 fully saturated rings. The summed E-state index contributed by atoms with van der Waals surface area (Å²) in [7, 11) is 1.68. The van der Waals surface area contributed by atoms with Crippen LogP contribution >= 0.6 is 0 Å². The Morgan fingerprint density at radius 1 is 1.00 bits per heavy atom. The zero-order chi connectivity index (χ0) is 13.2. The summed E-state index contributed by atoms with van der Waals surface area (Å²) in [5, 5.41) is 0. The van der Waals surface area contributed by atoms with Crippen LogP contribution in [0.5, 0.6) is 17.2 Å². The van der Waals surface area contributed by atoms with E-state index in [0.29, 0.717) is 13.2 Å². The van der Waals surface area contributed by atoms with Crippen LogP contribution in [0.3, 0.4) is 0 Å². The van der Waals surface area contributed by atoms with Crippen molar-refractivity contribution in [3.05, 3.63) is 42.0 Å². The van der Waals surface area contributed by atoms with Gasteiger partial charge in [0.2, 0.25) is 0 Å². The van der Waals surface area contributed by atoms with E-state index >= 15 is 0 Å². The second-order valence-corrected chi connectivity index (χ2v) is 4.51. The van der Waals surface area contributed by atoms with E-state index in [-0.39, 0.29) is 0 Å². The normalized spacial score (nSPS) is 13.2. The molecule has 0 atom stereocenters.